The van der Waals surface area contributed by atoms with Gasteiger partial charge in [-0.05, 0) is 12.1 Å². The summed E-state index contributed by atoms with van der Waals surface area (Å²) in [5, 5.41) is 0. The minimum absolute atomic E-state index is 0.0933. The first-order chi connectivity index (χ1) is 11.3. The second kappa shape index (κ2) is 6.14. The van der Waals surface area contributed by atoms with Crippen LogP contribution in [-0.2, 0) is 6.18 Å². The summed E-state index contributed by atoms with van der Waals surface area (Å²) >= 11 is 0. The predicted octanol–water partition coefficient (Wildman–Crippen LogP) is 2.25. The van der Waals surface area contributed by atoms with Gasteiger partial charge in [0.05, 0.1) is 5.56 Å². The van der Waals surface area contributed by atoms with Crippen molar-refractivity contribution in [1.29, 1.82) is 0 Å². The number of aromatic amines is 1. The summed E-state index contributed by atoms with van der Waals surface area (Å²) in [4.78, 5) is 21.2. The van der Waals surface area contributed by atoms with Gasteiger partial charge in [0.15, 0.2) is 11.6 Å². The van der Waals surface area contributed by atoms with E-state index in [1.54, 1.807) is 17.0 Å². The molecule has 2 aromatic heterocycles. The average Bonchev–Trinajstić information content (AvgIpc) is 2.54. The molecule has 128 valence electrons. The van der Waals surface area contributed by atoms with Gasteiger partial charge in [-0.25, -0.2) is 9.37 Å². The molecule has 2 aromatic rings. The van der Waals surface area contributed by atoms with Crippen LogP contribution in [-0.4, -0.2) is 36.1 Å². The molecule has 24 heavy (non-hydrogen) atoms. The van der Waals surface area contributed by atoms with E-state index in [4.69, 9.17) is 0 Å². The van der Waals surface area contributed by atoms with E-state index >= 15 is 0 Å². The minimum Gasteiger partial charge on any atom is -0.355 e. The number of piperazine rings is 1. The first-order valence-corrected chi connectivity index (χ1v) is 7.26. The van der Waals surface area contributed by atoms with E-state index in [-0.39, 0.29) is 11.4 Å². The Morgan fingerprint density at radius 2 is 1.75 bits per heavy atom. The van der Waals surface area contributed by atoms with E-state index in [0.29, 0.717) is 44.3 Å². The molecule has 1 aliphatic rings. The Kier molecular flexibility index (Phi) is 4.16. The molecule has 5 nitrogen and oxygen atoms in total. The van der Waals surface area contributed by atoms with Crippen molar-refractivity contribution in [3.8, 4) is 0 Å². The molecule has 1 saturated heterocycles. The molecule has 3 rings (SSSR count). The van der Waals surface area contributed by atoms with Gasteiger partial charge in [-0.2, -0.15) is 13.2 Å². The Labute approximate surface area is 134 Å². The quantitative estimate of drug-likeness (QED) is 0.851. The summed E-state index contributed by atoms with van der Waals surface area (Å²) in [6.45, 7) is 1.74. The van der Waals surface area contributed by atoms with E-state index in [2.05, 4.69) is 9.97 Å². The smallest absolute Gasteiger partial charge is 0.355 e. The van der Waals surface area contributed by atoms with Gasteiger partial charge >= 0.3 is 6.18 Å². The van der Waals surface area contributed by atoms with Gasteiger partial charge in [0.25, 0.3) is 0 Å². The monoisotopic (exact) mass is 342 g/mol. The maximum Gasteiger partial charge on any atom is 0.417 e. The van der Waals surface area contributed by atoms with E-state index in [0.717, 1.165) is 0 Å². The number of hydrogen-bond donors (Lipinski definition) is 1. The Hall–Kier alpha value is -2.58. The maximum absolute atomic E-state index is 14.0. The number of rotatable bonds is 2. The molecular weight excluding hydrogens is 328 g/mol. The fourth-order valence-electron chi connectivity index (χ4n) is 2.60. The third kappa shape index (κ3) is 3.34. The van der Waals surface area contributed by atoms with Gasteiger partial charge in [0.1, 0.15) is 5.82 Å². The first kappa shape index (κ1) is 16.3. The number of pyridine rings is 2. The third-order valence-corrected chi connectivity index (χ3v) is 3.82. The van der Waals surface area contributed by atoms with Gasteiger partial charge in [0, 0.05) is 38.4 Å². The number of anilines is 2. The van der Waals surface area contributed by atoms with Crippen LogP contribution in [0.1, 0.15) is 5.56 Å². The van der Waals surface area contributed by atoms with E-state index < -0.39 is 17.6 Å². The molecule has 0 aliphatic carbocycles. The number of nitrogens with one attached hydrogen (secondary N) is 1. The zero-order valence-electron chi connectivity index (χ0n) is 12.5. The van der Waals surface area contributed by atoms with E-state index in [9.17, 15) is 22.4 Å². The number of hydrogen-bond acceptors (Lipinski definition) is 4. The van der Waals surface area contributed by atoms with Crippen molar-refractivity contribution < 1.29 is 17.6 Å². The van der Waals surface area contributed by atoms with Crippen LogP contribution in [0.15, 0.2) is 35.3 Å². The molecule has 1 N–H and O–H groups in total. The molecule has 3 heterocycles. The van der Waals surface area contributed by atoms with Crippen LogP contribution >= 0.6 is 0 Å². The summed E-state index contributed by atoms with van der Waals surface area (Å²) in [7, 11) is 0. The van der Waals surface area contributed by atoms with Crippen molar-refractivity contribution >= 4 is 11.6 Å². The molecule has 0 bridgehead atoms. The van der Waals surface area contributed by atoms with Crippen molar-refractivity contribution in [1.82, 2.24) is 9.97 Å². The lowest BCUT2D eigenvalue weighted by molar-refractivity contribution is -0.138. The third-order valence-electron chi connectivity index (χ3n) is 3.82. The van der Waals surface area contributed by atoms with Crippen molar-refractivity contribution in [2.24, 2.45) is 0 Å². The van der Waals surface area contributed by atoms with Crippen LogP contribution in [0, 0.1) is 5.82 Å². The molecular formula is C15H14F4N4O. The van der Waals surface area contributed by atoms with Crippen molar-refractivity contribution in [2.45, 2.75) is 6.18 Å². The Morgan fingerprint density at radius 3 is 2.33 bits per heavy atom. The van der Waals surface area contributed by atoms with Gasteiger partial charge in [-0.15, -0.1) is 0 Å². The van der Waals surface area contributed by atoms with Gasteiger partial charge in [-0.1, -0.05) is 6.07 Å². The average molecular weight is 342 g/mol. The zero-order valence-corrected chi connectivity index (χ0v) is 12.5. The highest BCUT2D eigenvalue weighted by Gasteiger charge is 2.32. The molecule has 0 amide bonds. The number of H-pyrrole nitrogens is 1. The fraction of sp³-hybridized carbons (Fsp3) is 0.333. The van der Waals surface area contributed by atoms with Crippen LogP contribution in [0.2, 0.25) is 0 Å². The second-order valence-electron chi connectivity index (χ2n) is 5.40. The SMILES string of the molecule is O=c1cccc(N2CCN(c3ncc(C(F)(F)F)cc3F)CC2)[nH]1. The lowest BCUT2D eigenvalue weighted by atomic mass is 10.2. The van der Waals surface area contributed by atoms with Crippen molar-refractivity contribution in [3.05, 3.63) is 52.2 Å². The largest absolute Gasteiger partial charge is 0.417 e. The van der Waals surface area contributed by atoms with Crippen molar-refractivity contribution in [3.63, 3.8) is 0 Å². The predicted molar refractivity (Wildman–Crippen MR) is 80.7 cm³/mol. The molecule has 0 atom stereocenters. The van der Waals surface area contributed by atoms with E-state index in [1.807, 2.05) is 4.90 Å². The molecule has 0 unspecified atom stereocenters. The minimum atomic E-state index is -4.62. The van der Waals surface area contributed by atoms with Gasteiger partial charge in [0.2, 0.25) is 5.56 Å². The number of halogens is 4. The number of alkyl halides is 3. The second-order valence-corrected chi connectivity index (χ2v) is 5.40. The first-order valence-electron chi connectivity index (χ1n) is 7.26. The summed E-state index contributed by atoms with van der Waals surface area (Å²) in [5.74, 6) is -0.432. The molecule has 9 heteroatoms. The number of nitrogens with zero attached hydrogens (tertiary/aromatic N) is 3. The topological polar surface area (TPSA) is 52.2 Å². The lowest BCUT2D eigenvalue weighted by Gasteiger charge is -2.36. The highest BCUT2D eigenvalue weighted by atomic mass is 19.4. The molecule has 1 aliphatic heterocycles. The molecule has 0 aromatic carbocycles. The lowest BCUT2D eigenvalue weighted by Crippen LogP contribution is -2.47. The summed E-state index contributed by atoms with van der Waals surface area (Å²) in [6, 6.07) is 5.26. The Morgan fingerprint density at radius 1 is 1.08 bits per heavy atom. The van der Waals surface area contributed by atoms with Crippen LogP contribution < -0.4 is 15.4 Å². The Bertz CT molecular complexity index is 782. The van der Waals surface area contributed by atoms with E-state index in [1.165, 1.54) is 6.07 Å². The normalized spacial score (nSPS) is 15.7. The fourth-order valence-corrected chi connectivity index (χ4v) is 2.60. The maximum atomic E-state index is 14.0. The molecule has 0 saturated carbocycles. The standard InChI is InChI=1S/C15H14F4N4O/c16-11-8-10(15(17,18)19)9-20-14(11)23-6-4-22(5-7-23)12-2-1-3-13(24)21-12/h1-3,8-9H,4-7H2,(H,21,24). The van der Waals surface area contributed by atoms with Crippen LogP contribution in [0.25, 0.3) is 0 Å². The summed E-state index contributed by atoms with van der Waals surface area (Å²) in [6.07, 6.45) is -3.98. The van der Waals surface area contributed by atoms with Gasteiger partial charge < -0.3 is 14.8 Å². The van der Waals surface area contributed by atoms with Crippen LogP contribution in [0.4, 0.5) is 29.2 Å². The molecule has 0 spiro atoms. The van der Waals surface area contributed by atoms with Crippen LogP contribution in [0.3, 0.4) is 0 Å². The number of aromatic nitrogens is 2. The van der Waals surface area contributed by atoms with Gasteiger partial charge in [-0.3, -0.25) is 4.79 Å². The zero-order chi connectivity index (χ0) is 17.3. The van der Waals surface area contributed by atoms with Crippen LogP contribution in [0.5, 0.6) is 0 Å². The molecule has 1 fully saturated rings. The molecule has 0 radical (unpaired) electrons. The summed E-state index contributed by atoms with van der Waals surface area (Å²) in [5.41, 5.74) is -1.32. The Balaban J connectivity index is 1.72. The highest BCUT2D eigenvalue weighted by Crippen LogP contribution is 2.31. The van der Waals surface area contributed by atoms with Crippen molar-refractivity contribution in [2.75, 3.05) is 36.0 Å². The highest BCUT2D eigenvalue weighted by molar-refractivity contribution is 5.46. The summed E-state index contributed by atoms with van der Waals surface area (Å²) < 4.78 is 51.6.